The first kappa shape index (κ1) is 4.96. The molecule has 0 unspecified atom stereocenters. The number of rotatable bonds is 0. The van der Waals surface area contributed by atoms with Gasteiger partial charge < -0.3 is 5.73 Å². The Balaban J connectivity index is 3.02. The van der Waals surface area contributed by atoms with Crippen molar-refractivity contribution in [1.29, 1.82) is 0 Å². The van der Waals surface area contributed by atoms with Gasteiger partial charge in [0, 0.05) is 5.54 Å². The normalized spacial score (nSPS) is 12.0. The average molecular weight is 74.1 g/mol. The summed E-state index contributed by atoms with van der Waals surface area (Å²) in [6.45, 7) is 5.90. The van der Waals surface area contributed by atoms with Crippen LogP contribution in [0, 0.1) is 0 Å². The van der Waals surface area contributed by atoms with Crippen LogP contribution in [0.25, 0.3) is 0 Å². The maximum absolute atomic E-state index is 5.35. The van der Waals surface area contributed by atoms with E-state index >= 15 is 0 Å². The molecule has 0 fully saturated rings. The Morgan fingerprint density at radius 1 is 1.20 bits per heavy atom. The molecular formula is C4H11N. The molecule has 0 saturated carbocycles. The van der Waals surface area contributed by atoms with Crippen molar-refractivity contribution in [2.24, 2.45) is 5.73 Å². The molecule has 0 bridgehead atoms. The van der Waals surface area contributed by atoms with Gasteiger partial charge in [-0.3, -0.25) is 0 Å². The van der Waals surface area contributed by atoms with Crippen LogP contribution in [0.3, 0.4) is 0 Å². The lowest BCUT2D eigenvalue weighted by atomic mass is 10.2. The Bertz CT molecular complexity index is 19.1. The fourth-order valence-corrected chi connectivity index (χ4v) is 0. The highest BCUT2D eigenvalue weighted by molar-refractivity contribution is 4.60. The van der Waals surface area contributed by atoms with Crippen molar-refractivity contribution in [3.05, 3.63) is 0 Å². The van der Waals surface area contributed by atoms with E-state index in [9.17, 15) is 0 Å². The maximum Gasteiger partial charge on any atom is 0.00686 e. The molecule has 0 aromatic heterocycles. The van der Waals surface area contributed by atoms with Crippen molar-refractivity contribution in [1.82, 2.24) is 0 Å². The molecule has 0 aliphatic heterocycles. The van der Waals surface area contributed by atoms with Gasteiger partial charge in [0.25, 0.3) is 0 Å². The number of nitrogens with two attached hydrogens (primary N) is 1. The third-order valence-electron chi connectivity index (χ3n) is 0. The molecule has 1 nitrogen and oxygen atoms in total. The zero-order valence-corrected chi connectivity index (χ0v) is 4.08. The fourth-order valence-electron chi connectivity index (χ4n) is 0. The van der Waals surface area contributed by atoms with Crippen LogP contribution in [-0.2, 0) is 0 Å². The van der Waals surface area contributed by atoms with E-state index in [-0.39, 0.29) is 5.54 Å². The molecule has 0 spiro atoms. The number of hydrogen-bond acceptors (Lipinski definition) is 1. The van der Waals surface area contributed by atoms with Gasteiger partial charge in [0.1, 0.15) is 0 Å². The quantitative estimate of drug-likeness (QED) is 0.421. The van der Waals surface area contributed by atoms with Crippen molar-refractivity contribution < 1.29 is 0 Å². The van der Waals surface area contributed by atoms with Crippen LogP contribution in [0.15, 0.2) is 0 Å². The average Bonchev–Trinajstić information content (AvgIpc) is 0.722. The summed E-state index contributed by atoms with van der Waals surface area (Å²) < 4.78 is 0. The molecule has 0 aromatic carbocycles. The fraction of sp³-hybridized carbons (Fsp3) is 1.00. The molecule has 0 atom stereocenters. The highest BCUT2D eigenvalue weighted by Gasteiger charge is 1.95. The van der Waals surface area contributed by atoms with Gasteiger partial charge >= 0.3 is 0 Å². The van der Waals surface area contributed by atoms with Gasteiger partial charge in [-0.15, -0.1) is 0 Å². The van der Waals surface area contributed by atoms with Gasteiger partial charge in [0.2, 0.25) is 0 Å². The smallest absolute Gasteiger partial charge is 0.00686 e. The molecule has 1 heteroatoms. The van der Waals surface area contributed by atoms with Crippen molar-refractivity contribution in [3.63, 3.8) is 0 Å². The van der Waals surface area contributed by atoms with Gasteiger partial charge in [0.15, 0.2) is 0 Å². The summed E-state index contributed by atoms with van der Waals surface area (Å²) in [5.41, 5.74) is 5.35. The summed E-state index contributed by atoms with van der Waals surface area (Å²) >= 11 is 0. The Hall–Kier alpha value is -0.0400. The lowest BCUT2D eigenvalue weighted by Gasteiger charge is -2.06. The third kappa shape index (κ3) is 9510. The second kappa shape index (κ2) is 0.977. The van der Waals surface area contributed by atoms with Crippen LogP contribution in [0.5, 0.6) is 0 Å². The van der Waals surface area contributed by atoms with E-state index in [0.717, 1.165) is 0 Å². The summed E-state index contributed by atoms with van der Waals surface area (Å²) in [6, 6.07) is 0. The molecule has 0 radical (unpaired) electrons. The molecule has 0 aromatic rings. The van der Waals surface area contributed by atoms with E-state index in [0.29, 0.717) is 0 Å². The molecule has 0 aliphatic rings. The minimum absolute atomic E-state index is 0. The van der Waals surface area contributed by atoms with Crippen LogP contribution in [0.2, 0.25) is 0 Å². The second-order valence-electron chi connectivity index (χ2n) is 2.37. The Morgan fingerprint density at radius 3 is 1.20 bits per heavy atom. The first-order chi connectivity index (χ1) is 2.00. The SMILES string of the molecule is CC(C)(C)[15NH2]. The van der Waals surface area contributed by atoms with E-state index in [1.54, 1.807) is 0 Å². The predicted molar refractivity (Wildman–Crippen MR) is 23.9 cm³/mol. The van der Waals surface area contributed by atoms with Crippen molar-refractivity contribution in [3.8, 4) is 0 Å². The first-order valence-electron chi connectivity index (χ1n) is 1.79. The van der Waals surface area contributed by atoms with E-state index in [4.69, 9.17) is 5.73 Å². The first-order valence-corrected chi connectivity index (χ1v) is 1.79. The van der Waals surface area contributed by atoms with E-state index < -0.39 is 0 Å². The molecule has 5 heavy (non-hydrogen) atoms. The zero-order valence-electron chi connectivity index (χ0n) is 4.08. The summed E-state index contributed by atoms with van der Waals surface area (Å²) in [6.07, 6.45) is 0. The summed E-state index contributed by atoms with van der Waals surface area (Å²) in [5, 5.41) is 0. The topological polar surface area (TPSA) is 26.0 Å². The van der Waals surface area contributed by atoms with Crippen molar-refractivity contribution in [2.75, 3.05) is 0 Å². The second-order valence-corrected chi connectivity index (χ2v) is 2.37. The van der Waals surface area contributed by atoms with E-state index in [1.807, 2.05) is 20.8 Å². The van der Waals surface area contributed by atoms with Gasteiger partial charge in [-0.05, 0) is 20.8 Å². The maximum atomic E-state index is 5.35. The highest BCUT2D eigenvalue weighted by atomic mass is 15.4. The molecule has 2 N–H and O–H groups in total. The van der Waals surface area contributed by atoms with Crippen LogP contribution in [-0.4, -0.2) is 5.54 Å². The molecule has 32 valence electrons. The molecule has 0 amide bonds. The standard InChI is InChI=1S/C4H11N/c1-4(2,3)5/h5H2,1-3H3/i5+1. The van der Waals surface area contributed by atoms with Crippen molar-refractivity contribution >= 4 is 0 Å². The van der Waals surface area contributed by atoms with Gasteiger partial charge in [-0.1, -0.05) is 0 Å². The zero-order chi connectivity index (χ0) is 4.50. The minimum Gasteiger partial charge on any atom is -0.326 e. The van der Waals surface area contributed by atoms with Crippen LogP contribution < -0.4 is 5.73 Å². The van der Waals surface area contributed by atoms with Crippen LogP contribution >= 0.6 is 0 Å². The van der Waals surface area contributed by atoms with E-state index in [2.05, 4.69) is 0 Å². The van der Waals surface area contributed by atoms with Gasteiger partial charge in [-0.25, -0.2) is 0 Å². The lowest BCUT2D eigenvalue weighted by molar-refractivity contribution is 0.580. The predicted octanol–water partition coefficient (Wildman–Crippen LogP) is 0.744. The monoisotopic (exact) mass is 74.1 g/mol. The molecule has 0 rings (SSSR count). The summed E-state index contributed by atoms with van der Waals surface area (Å²) in [7, 11) is 0. The van der Waals surface area contributed by atoms with Gasteiger partial charge in [-0.2, -0.15) is 0 Å². The molecule has 0 saturated heterocycles. The van der Waals surface area contributed by atoms with Gasteiger partial charge in [0.05, 0.1) is 0 Å². The highest BCUT2D eigenvalue weighted by Crippen LogP contribution is 1.88. The summed E-state index contributed by atoms with van der Waals surface area (Å²) in [5.74, 6) is 0. The van der Waals surface area contributed by atoms with Crippen molar-refractivity contribution in [2.45, 2.75) is 26.3 Å². The van der Waals surface area contributed by atoms with Crippen LogP contribution in [0.1, 0.15) is 20.8 Å². The summed E-state index contributed by atoms with van der Waals surface area (Å²) in [4.78, 5) is 0. The minimum atomic E-state index is 0. The molecule has 0 aliphatic carbocycles. The third-order valence-corrected chi connectivity index (χ3v) is 0. The number of hydrogen-bond donors (Lipinski definition) is 1. The van der Waals surface area contributed by atoms with E-state index in [1.165, 1.54) is 0 Å². The lowest BCUT2D eigenvalue weighted by Crippen LogP contribution is -2.26. The Kier molecular flexibility index (Phi) is 0.969. The molecule has 0 heterocycles. The largest absolute Gasteiger partial charge is 0.326 e. The molecular weight excluding hydrogens is 63.0 g/mol. The van der Waals surface area contributed by atoms with Crippen LogP contribution in [0.4, 0.5) is 0 Å². The Morgan fingerprint density at radius 2 is 1.20 bits per heavy atom. The Labute approximate surface area is 33.2 Å².